The molecule has 0 aliphatic heterocycles. The molecule has 0 bridgehead atoms. The molecule has 0 saturated carbocycles. The SMILES string of the molecule is CC(NS(=O)C(C)(C)C)c1ccccc1. The molecule has 0 amide bonds. The number of hydrogen-bond donors (Lipinski definition) is 1. The summed E-state index contributed by atoms with van der Waals surface area (Å²) in [4.78, 5) is 0. The van der Waals surface area contributed by atoms with Crippen molar-refractivity contribution >= 4 is 11.0 Å². The van der Waals surface area contributed by atoms with Gasteiger partial charge in [0.05, 0.1) is 15.7 Å². The second-order valence-electron chi connectivity index (χ2n) is 4.63. The van der Waals surface area contributed by atoms with Gasteiger partial charge in [0.25, 0.3) is 0 Å². The van der Waals surface area contributed by atoms with Crippen molar-refractivity contribution in [2.75, 3.05) is 0 Å². The van der Waals surface area contributed by atoms with Crippen molar-refractivity contribution in [2.45, 2.75) is 38.5 Å². The highest BCUT2D eigenvalue weighted by atomic mass is 32.2. The van der Waals surface area contributed by atoms with E-state index < -0.39 is 11.0 Å². The van der Waals surface area contributed by atoms with Gasteiger partial charge in [0.1, 0.15) is 0 Å². The summed E-state index contributed by atoms with van der Waals surface area (Å²) in [7, 11) is -1.02. The van der Waals surface area contributed by atoms with Gasteiger partial charge in [-0.25, -0.2) is 8.93 Å². The van der Waals surface area contributed by atoms with E-state index in [-0.39, 0.29) is 10.8 Å². The van der Waals surface area contributed by atoms with Gasteiger partial charge >= 0.3 is 0 Å². The second-order valence-corrected chi connectivity index (χ2v) is 6.63. The van der Waals surface area contributed by atoms with E-state index in [2.05, 4.69) is 4.72 Å². The molecular formula is C12H19NOS. The first-order valence-corrected chi connectivity index (χ1v) is 6.29. The molecule has 0 aliphatic carbocycles. The first kappa shape index (κ1) is 12.4. The smallest absolute Gasteiger partial charge is 0.0975 e. The third-order valence-corrected chi connectivity index (χ3v) is 3.82. The van der Waals surface area contributed by atoms with Gasteiger partial charge in [0, 0.05) is 6.04 Å². The van der Waals surface area contributed by atoms with Crippen LogP contribution < -0.4 is 4.72 Å². The van der Waals surface area contributed by atoms with Crippen LogP contribution in [0.15, 0.2) is 30.3 Å². The molecule has 0 radical (unpaired) electrons. The van der Waals surface area contributed by atoms with Gasteiger partial charge in [0.15, 0.2) is 0 Å². The van der Waals surface area contributed by atoms with Crippen LogP contribution in [0.25, 0.3) is 0 Å². The van der Waals surface area contributed by atoms with Crippen LogP contribution in [0, 0.1) is 0 Å². The molecule has 2 unspecified atom stereocenters. The quantitative estimate of drug-likeness (QED) is 0.842. The van der Waals surface area contributed by atoms with Crippen LogP contribution in [0.1, 0.15) is 39.3 Å². The van der Waals surface area contributed by atoms with Crippen molar-refractivity contribution in [1.29, 1.82) is 0 Å². The van der Waals surface area contributed by atoms with Crippen LogP contribution in [0.4, 0.5) is 0 Å². The van der Waals surface area contributed by atoms with Gasteiger partial charge in [-0.05, 0) is 33.3 Å². The van der Waals surface area contributed by atoms with E-state index in [4.69, 9.17) is 0 Å². The number of nitrogens with one attached hydrogen (secondary N) is 1. The Hall–Kier alpha value is -0.670. The summed E-state index contributed by atoms with van der Waals surface area (Å²) in [5.74, 6) is 0. The molecule has 1 aromatic rings. The minimum Gasteiger partial charge on any atom is -0.242 e. The number of benzene rings is 1. The Kier molecular flexibility index (Phi) is 4.05. The number of rotatable bonds is 3. The molecule has 15 heavy (non-hydrogen) atoms. The molecule has 0 aliphatic rings. The zero-order valence-corrected chi connectivity index (χ0v) is 10.6. The van der Waals surface area contributed by atoms with Gasteiger partial charge in [-0.15, -0.1) is 0 Å². The minimum atomic E-state index is -1.02. The fourth-order valence-corrected chi connectivity index (χ4v) is 1.96. The summed E-state index contributed by atoms with van der Waals surface area (Å²) in [6.07, 6.45) is 0. The Morgan fingerprint density at radius 2 is 1.73 bits per heavy atom. The maximum absolute atomic E-state index is 11.8. The fourth-order valence-electron chi connectivity index (χ4n) is 1.15. The maximum atomic E-state index is 11.8. The maximum Gasteiger partial charge on any atom is 0.0975 e. The monoisotopic (exact) mass is 225 g/mol. The summed E-state index contributed by atoms with van der Waals surface area (Å²) in [6.45, 7) is 7.93. The lowest BCUT2D eigenvalue weighted by atomic mass is 10.1. The largest absolute Gasteiger partial charge is 0.242 e. The lowest BCUT2D eigenvalue weighted by Crippen LogP contribution is -2.34. The van der Waals surface area contributed by atoms with Crippen molar-refractivity contribution in [3.63, 3.8) is 0 Å². The predicted molar refractivity (Wildman–Crippen MR) is 65.9 cm³/mol. The van der Waals surface area contributed by atoms with Crippen LogP contribution >= 0.6 is 0 Å². The number of hydrogen-bond acceptors (Lipinski definition) is 1. The Bertz CT molecular complexity index is 329. The Balaban J connectivity index is 2.65. The van der Waals surface area contributed by atoms with Crippen LogP contribution in [0.3, 0.4) is 0 Å². The highest BCUT2D eigenvalue weighted by Gasteiger charge is 2.21. The molecule has 0 aromatic heterocycles. The lowest BCUT2D eigenvalue weighted by Gasteiger charge is -2.22. The highest BCUT2D eigenvalue weighted by Crippen LogP contribution is 2.16. The Morgan fingerprint density at radius 3 is 2.20 bits per heavy atom. The third-order valence-electron chi connectivity index (χ3n) is 2.14. The predicted octanol–water partition coefficient (Wildman–Crippen LogP) is 2.80. The zero-order valence-electron chi connectivity index (χ0n) is 9.78. The van der Waals surface area contributed by atoms with Crippen molar-refractivity contribution in [3.8, 4) is 0 Å². The average Bonchev–Trinajstić information content (AvgIpc) is 2.17. The van der Waals surface area contributed by atoms with Crippen LogP contribution in [0.2, 0.25) is 0 Å². The molecule has 0 saturated heterocycles. The van der Waals surface area contributed by atoms with E-state index in [1.807, 2.05) is 58.0 Å². The van der Waals surface area contributed by atoms with E-state index in [1.54, 1.807) is 0 Å². The average molecular weight is 225 g/mol. The summed E-state index contributed by atoms with van der Waals surface area (Å²) in [5.41, 5.74) is 1.16. The van der Waals surface area contributed by atoms with Crippen molar-refractivity contribution in [3.05, 3.63) is 35.9 Å². The van der Waals surface area contributed by atoms with E-state index in [0.29, 0.717) is 0 Å². The normalized spacial score (nSPS) is 16.0. The van der Waals surface area contributed by atoms with Crippen molar-refractivity contribution < 1.29 is 4.21 Å². The molecule has 2 atom stereocenters. The molecule has 84 valence electrons. The minimum absolute atomic E-state index is 0.117. The van der Waals surface area contributed by atoms with Crippen LogP contribution in [0.5, 0.6) is 0 Å². The topological polar surface area (TPSA) is 29.1 Å². The standard InChI is InChI=1S/C12H19NOS/c1-10(11-8-6-5-7-9-11)13-15(14)12(2,3)4/h5-10,13H,1-4H3. The molecule has 1 aromatic carbocycles. The second kappa shape index (κ2) is 4.90. The fraction of sp³-hybridized carbons (Fsp3) is 0.500. The van der Waals surface area contributed by atoms with Crippen molar-refractivity contribution in [2.24, 2.45) is 0 Å². The van der Waals surface area contributed by atoms with E-state index in [9.17, 15) is 4.21 Å². The molecule has 3 heteroatoms. The lowest BCUT2D eigenvalue weighted by molar-refractivity contribution is 0.616. The van der Waals surface area contributed by atoms with Gasteiger partial charge in [-0.1, -0.05) is 30.3 Å². The molecule has 2 nitrogen and oxygen atoms in total. The van der Waals surface area contributed by atoms with Crippen molar-refractivity contribution in [1.82, 2.24) is 4.72 Å². The molecule has 0 heterocycles. The Morgan fingerprint density at radius 1 is 1.20 bits per heavy atom. The van der Waals surface area contributed by atoms with Gasteiger partial charge in [0.2, 0.25) is 0 Å². The van der Waals surface area contributed by atoms with E-state index >= 15 is 0 Å². The summed E-state index contributed by atoms with van der Waals surface area (Å²) >= 11 is 0. The molecule has 1 N–H and O–H groups in total. The summed E-state index contributed by atoms with van der Waals surface area (Å²) in [5, 5.41) is 0. The Labute approximate surface area is 94.7 Å². The van der Waals surface area contributed by atoms with Gasteiger partial charge in [-0.2, -0.15) is 0 Å². The molecule has 0 fully saturated rings. The summed E-state index contributed by atoms with van der Waals surface area (Å²) in [6, 6.07) is 10.2. The first-order valence-electron chi connectivity index (χ1n) is 5.14. The van der Waals surface area contributed by atoms with E-state index in [0.717, 1.165) is 5.56 Å². The third kappa shape index (κ3) is 3.76. The first-order chi connectivity index (χ1) is 6.91. The van der Waals surface area contributed by atoms with Gasteiger partial charge in [-0.3, -0.25) is 0 Å². The molecule has 1 rings (SSSR count). The highest BCUT2D eigenvalue weighted by molar-refractivity contribution is 7.84. The van der Waals surface area contributed by atoms with Gasteiger partial charge < -0.3 is 0 Å². The van der Waals surface area contributed by atoms with Crippen LogP contribution in [-0.2, 0) is 11.0 Å². The molecular weight excluding hydrogens is 206 g/mol. The summed E-state index contributed by atoms with van der Waals surface area (Å²) < 4.78 is 14.7. The zero-order chi connectivity index (χ0) is 11.5. The molecule has 0 spiro atoms. The van der Waals surface area contributed by atoms with Crippen LogP contribution in [-0.4, -0.2) is 8.96 Å². The van der Waals surface area contributed by atoms with E-state index in [1.165, 1.54) is 0 Å².